The lowest BCUT2D eigenvalue weighted by Gasteiger charge is -2.19. The Hall–Kier alpha value is -2.58. The minimum absolute atomic E-state index is 0.241. The van der Waals surface area contributed by atoms with Gasteiger partial charge in [0, 0.05) is 17.8 Å². The molecule has 0 aliphatic rings. The molecule has 0 bridgehead atoms. The first-order valence-corrected chi connectivity index (χ1v) is 6.37. The number of hydroxylamine groups is 1. The van der Waals surface area contributed by atoms with Gasteiger partial charge in [0.15, 0.2) is 17.3 Å². The lowest BCUT2D eigenvalue weighted by molar-refractivity contribution is 0.307. The molecule has 22 heavy (non-hydrogen) atoms. The van der Waals surface area contributed by atoms with Crippen LogP contribution in [0.1, 0.15) is 5.56 Å². The summed E-state index contributed by atoms with van der Waals surface area (Å²) in [6, 6.07) is 2.88. The molecular weight excluding hydrogens is 316 g/mol. The van der Waals surface area contributed by atoms with Gasteiger partial charge in [0.1, 0.15) is 11.5 Å². The van der Waals surface area contributed by atoms with Crippen molar-refractivity contribution in [3.63, 3.8) is 0 Å². The van der Waals surface area contributed by atoms with Crippen LogP contribution in [0.2, 0.25) is 5.02 Å². The van der Waals surface area contributed by atoms with Crippen LogP contribution in [-0.4, -0.2) is 26.0 Å². The fourth-order valence-corrected chi connectivity index (χ4v) is 2.11. The van der Waals surface area contributed by atoms with Crippen LogP contribution in [0.3, 0.4) is 0 Å². The SMILES string of the molecule is N=C(c1ccnc2nc[nH]c12)N(O)c1cc(Cl)c(F)cc1F. The Labute approximate surface area is 127 Å². The molecule has 0 atom stereocenters. The van der Waals surface area contributed by atoms with E-state index in [0.717, 1.165) is 6.07 Å². The molecule has 0 spiro atoms. The summed E-state index contributed by atoms with van der Waals surface area (Å²) in [6.45, 7) is 0. The Morgan fingerprint density at radius 3 is 2.82 bits per heavy atom. The van der Waals surface area contributed by atoms with Gasteiger partial charge >= 0.3 is 0 Å². The van der Waals surface area contributed by atoms with Crippen LogP contribution in [0.4, 0.5) is 14.5 Å². The van der Waals surface area contributed by atoms with Crippen LogP contribution < -0.4 is 5.06 Å². The van der Waals surface area contributed by atoms with E-state index < -0.39 is 23.2 Å². The molecule has 3 aromatic rings. The van der Waals surface area contributed by atoms with E-state index in [-0.39, 0.29) is 15.6 Å². The molecule has 0 fully saturated rings. The zero-order valence-electron chi connectivity index (χ0n) is 10.8. The van der Waals surface area contributed by atoms with Crippen LogP contribution in [0.25, 0.3) is 11.2 Å². The fraction of sp³-hybridized carbons (Fsp3) is 0. The number of rotatable bonds is 2. The van der Waals surface area contributed by atoms with Crippen molar-refractivity contribution in [2.24, 2.45) is 0 Å². The molecule has 0 saturated carbocycles. The number of aromatic amines is 1. The number of anilines is 1. The zero-order valence-corrected chi connectivity index (χ0v) is 11.6. The van der Waals surface area contributed by atoms with Gasteiger partial charge in [-0.3, -0.25) is 10.6 Å². The summed E-state index contributed by atoms with van der Waals surface area (Å²) in [6.07, 6.45) is 2.78. The number of H-pyrrole nitrogens is 1. The Bertz CT molecular complexity index is 882. The predicted octanol–water partition coefficient (Wildman–Crippen LogP) is 3.11. The predicted molar refractivity (Wildman–Crippen MR) is 76.4 cm³/mol. The van der Waals surface area contributed by atoms with Gasteiger partial charge in [-0.1, -0.05) is 11.6 Å². The van der Waals surface area contributed by atoms with Crippen molar-refractivity contribution in [1.82, 2.24) is 15.0 Å². The average Bonchev–Trinajstić information content (AvgIpc) is 2.98. The summed E-state index contributed by atoms with van der Waals surface area (Å²) in [5.41, 5.74) is 0.541. The van der Waals surface area contributed by atoms with Crippen molar-refractivity contribution >= 4 is 34.3 Å². The molecule has 0 unspecified atom stereocenters. The van der Waals surface area contributed by atoms with Gasteiger partial charge in [-0.25, -0.2) is 23.8 Å². The van der Waals surface area contributed by atoms with E-state index in [0.29, 0.717) is 17.2 Å². The third-order valence-electron chi connectivity index (χ3n) is 3.01. The molecule has 112 valence electrons. The van der Waals surface area contributed by atoms with Crippen LogP contribution in [-0.2, 0) is 0 Å². The maximum Gasteiger partial charge on any atom is 0.178 e. The third-order valence-corrected chi connectivity index (χ3v) is 3.30. The van der Waals surface area contributed by atoms with Crippen LogP contribution in [0.5, 0.6) is 0 Å². The number of halogens is 3. The molecule has 3 rings (SSSR count). The van der Waals surface area contributed by atoms with E-state index in [4.69, 9.17) is 17.0 Å². The lowest BCUT2D eigenvalue weighted by Crippen LogP contribution is -2.28. The number of fused-ring (bicyclic) bond motifs is 1. The van der Waals surface area contributed by atoms with Gasteiger partial charge in [-0.05, 0) is 12.1 Å². The number of amidine groups is 1. The number of nitrogens with zero attached hydrogens (tertiary/aromatic N) is 3. The number of imidazole rings is 1. The fourth-order valence-electron chi connectivity index (χ4n) is 1.96. The Balaban J connectivity index is 2.05. The van der Waals surface area contributed by atoms with Crippen molar-refractivity contribution in [3.8, 4) is 0 Å². The van der Waals surface area contributed by atoms with Gasteiger partial charge in [0.05, 0.1) is 16.9 Å². The second-order valence-corrected chi connectivity index (χ2v) is 4.74. The lowest BCUT2D eigenvalue weighted by atomic mass is 10.2. The first-order valence-electron chi connectivity index (χ1n) is 5.99. The molecule has 0 radical (unpaired) electrons. The van der Waals surface area contributed by atoms with Crippen molar-refractivity contribution in [2.75, 3.05) is 5.06 Å². The molecule has 2 aromatic heterocycles. The van der Waals surface area contributed by atoms with Crippen molar-refractivity contribution in [1.29, 1.82) is 5.41 Å². The van der Waals surface area contributed by atoms with Crippen molar-refractivity contribution in [3.05, 3.63) is 52.9 Å². The molecule has 0 aliphatic heterocycles. The zero-order chi connectivity index (χ0) is 15.9. The maximum atomic E-state index is 13.8. The summed E-state index contributed by atoms with van der Waals surface area (Å²) >= 11 is 5.58. The first kappa shape index (κ1) is 14.4. The first-order chi connectivity index (χ1) is 10.5. The normalized spacial score (nSPS) is 10.9. The number of benzene rings is 1. The highest BCUT2D eigenvalue weighted by Crippen LogP contribution is 2.27. The smallest absolute Gasteiger partial charge is 0.178 e. The molecule has 2 heterocycles. The maximum absolute atomic E-state index is 13.8. The summed E-state index contributed by atoms with van der Waals surface area (Å²) in [7, 11) is 0. The highest BCUT2D eigenvalue weighted by atomic mass is 35.5. The van der Waals surface area contributed by atoms with Crippen LogP contribution >= 0.6 is 11.6 Å². The van der Waals surface area contributed by atoms with Gasteiger partial charge in [0.2, 0.25) is 0 Å². The van der Waals surface area contributed by atoms with Gasteiger partial charge in [-0.15, -0.1) is 0 Å². The largest absolute Gasteiger partial charge is 0.343 e. The molecule has 9 heteroatoms. The standard InChI is InChI=1S/C13H8ClF2N5O/c14-7-3-10(9(16)4-8(7)15)21(22)12(17)6-1-2-18-13-11(6)19-5-20-13/h1-5,17,22H,(H,18,19,20). The van der Waals surface area contributed by atoms with E-state index >= 15 is 0 Å². The van der Waals surface area contributed by atoms with E-state index in [2.05, 4.69) is 15.0 Å². The average molecular weight is 324 g/mol. The Morgan fingerprint density at radius 1 is 1.27 bits per heavy atom. The van der Waals surface area contributed by atoms with Gasteiger partial charge < -0.3 is 4.98 Å². The number of nitrogens with one attached hydrogen (secondary N) is 2. The van der Waals surface area contributed by atoms with E-state index in [1.165, 1.54) is 18.6 Å². The minimum Gasteiger partial charge on any atom is -0.343 e. The van der Waals surface area contributed by atoms with Crippen LogP contribution in [0, 0.1) is 17.0 Å². The highest BCUT2D eigenvalue weighted by Gasteiger charge is 2.20. The van der Waals surface area contributed by atoms with E-state index in [1.54, 1.807) is 0 Å². The van der Waals surface area contributed by atoms with E-state index in [1.807, 2.05) is 0 Å². The monoisotopic (exact) mass is 323 g/mol. The quantitative estimate of drug-likeness (QED) is 0.292. The number of pyridine rings is 1. The molecule has 3 N–H and O–H groups in total. The molecule has 6 nitrogen and oxygen atoms in total. The molecule has 0 amide bonds. The highest BCUT2D eigenvalue weighted by molar-refractivity contribution is 6.31. The molecule has 0 saturated heterocycles. The molecular formula is C13H8ClF2N5O. The Morgan fingerprint density at radius 2 is 2.05 bits per heavy atom. The minimum atomic E-state index is -1.05. The van der Waals surface area contributed by atoms with E-state index in [9.17, 15) is 14.0 Å². The second kappa shape index (κ2) is 5.32. The number of aromatic nitrogens is 3. The Kier molecular flexibility index (Phi) is 3.47. The van der Waals surface area contributed by atoms with Gasteiger partial charge in [-0.2, -0.15) is 0 Å². The third kappa shape index (κ3) is 2.28. The summed E-state index contributed by atoms with van der Waals surface area (Å²) in [5, 5.41) is 18.0. The summed E-state index contributed by atoms with van der Waals surface area (Å²) in [4.78, 5) is 10.7. The second-order valence-electron chi connectivity index (χ2n) is 4.34. The van der Waals surface area contributed by atoms with Crippen LogP contribution in [0.15, 0.2) is 30.7 Å². The molecule has 0 aliphatic carbocycles. The van der Waals surface area contributed by atoms with Crippen molar-refractivity contribution < 1.29 is 14.0 Å². The van der Waals surface area contributed by atoms with Gasteiger partial charge in [0.25, 0.3) is 0 Å². The summed E-state index contributed by atoms with van der Waals surface area (Å²) in [5.74, 6) is -2.45. The summed E-state index contributed by atoms with van der Waals surface area (Å²) < 4.78 is 26.9. The number of hydrogen-bond acceptors (Lipinski definition) is 4. The topological polar surface area (TPSA) is 88.9 Å². The molecule has 1 aromatic carbocycles. The number of hydrogen-bond donors (Lipinski definition) is 3. The van der Waals surface area contributed by atoms with Crippen molar-refractivity contribution in [2.45, 2.75) is 0 Å².